The third-order valence-corrected chi connectivity index (χ3v) is 6.43. The molecular weight excluding hydrogens is 286 g/mol. The molecule has 4 heteroatoms. The van der Waals surface area contributed by atoms with Crippen LogP contribution in [0.5, 0.6) is 5.75 Å². The number of aryl methyl sites for hydroxylation is 1. The zero-order valence-corrected chi connectivity index (χ0v) is 12.6. The maximum atomic E-state index is 14.0. The van der Waals surface area contributed by atoms with Crippen molar-refractivity contribution in [2.24, 2.45) is 17.3 Å². The van der Waals surface area contributed by atoms with Crippen LogP contribution in [0.2, 0.25) is 0 Å². The number of halogens is 2. The Labute approximate surface area is 128 Å². The lowest BCUT2D eigenvalue weighted by atomic mass is 9.55. The van der Waals surface area contributed by atoms with Gasteiger partial charge in [-0.2, -0.15) is 8.78 Å². The lowest BCUT2D eigenvalue weighted by molar-refractivity contribution is -0.146. The standard InChI is InChI=1S/C18H20F2O2/c1-17-7-6-13-12-5-3-11(21)8-10(12)2-4-14(13)15(17)9-18(19,20)16(17)22/h3,5,8,13-15,21H,2,4,6-7,9H2,1H3/t13-,14-,15+,17+/m1/s1. The second-order valence-corrected chi connectivity index (χ2v) is 7.49. The number of alkyl halides is 2. The van der Waals surface area contributed by atoms with Gasteiger partial charge in [0.05, 0.1) is 0 Å². The largest absolute Gasteiger partial charge is 0.508 e. The summed E-state index contributed by atoms with van der Waals surface area (Å²) in [4.78, 5) is 12.2. The SMILES string of the molecule is C[C@]12CC[C@@H]3c4ccc(O)cc4CC[C@H]3[C@@H]1CC(F)(F)C2=O. The van der Waals surface area contributed by atoms with Crippen LogP contribution in [-0.2, 0) is 11.2 Å². The van der Waals surface area contributed by atoms with E-state index in [2.05, 4.69) is 0 Å². The minimum absolute atomic E-state index is 0.160. The fraction of sp³-hybridized carbons (Fsp3) is 0.611. The number of phenolic OH excluding ortho intramolecular Hbond substituents is 1. The number of fused-ring (bicyclic) bond motifs is 5. The minimum atomic E-state index is -3.15. The Hall–Kier alpha value is -1.45. The fourth-order valence-corrected chi connectivity index (χ4v) is 5.33. The zero-order valence-electron chi connectivity index (χ0n) is 12.6. The summed E-state index contributed by atoms with van der Waals surface area (Å²) < 4.78 is 28.0. The molecule has 3 aliphatic carbocycles. The van der Waals surface area contributed by atoms with Crippen LogP contribution < -0.4 is 0 Å². The first kappa shape index (κ1) is 14.2. The van der Waals surface area contributed by atoms with Gasteiger partial charge in [-0.15, -0.1) is 0 Å². The first-order valence-electron chi connectivity index (χ1n) is 8.07. The van der Waals surface area contributed by atoms with Crippen molar-refractivity contribution >= 4 is 5.78 Å². The Morgan fingerprint density at radius 2 is 2.05 bits per heavy atom. The van der Waals surface area contributed by atoms with Crippen LogP contribution in [0, 0.1) is 17.3 Å². The van der Waals surface area contributed by atoms with E-state index in [4.69, 9.17) is 0 Å². The number of ketones is 1. The third kappa shape index (κ3) is 1.73. The number of hydrogen-bond donors (Lipinski definition) is 1. The molecule has 4 atom stereocenters. The fourth-order valence-electron chi connectivity index (χ4n) is 5.33. The molecular formula is C18H20F2O2. The molecule has 118 valence electrons. The molecule has 0 heterocycles. The molecule has 1 N–H and O–H groups in total. The molecule has 0 bridgehead atoms. The summed E-state index contributed by atoms with van der Waals surface area (Å²) in [5.74, 6) is -3.52. The number of benzene rings is 1. The predicted molar refractivity (Wildman–Crippen MR) is 78.1 cm³/mol. The molecule has 0 amide bonds. The van der Waals surface area contributed by atoms with E-state index in [0.717, 1.165) is 24.8 Å². The lowest BCUT2D eigenvalue weighted by Gasteiger charge is -2.47. The summed E-state index contributed by atoms with van der Waals surface area (Å²) in [6.45, 7) is 1.75. The van der Waals surface area contributed by atoms with Crippen LogP contribution in [-0.4, -0.2) is 16.8 Å². The number of carbonyl (C=O) groups excluding carboxylic acids is 1. The molecule has 0 saturated heterocycles. The zero-order chi connectivity index (χ0) is 15.7. The van der Waals surface area contributed by atoms with E-state index in [1.54, 1.807) is 19.1 Å². The van der Waals surface area contributed by atoms with Crippen molar-refractivity contribution in [3.05, 3.63) is 29.3 Å². The van der Waals surface area contributed by atoms with Crippen LogP contribution in [0.4, 0.5) is 8.78 Å². The number of hydrogen-bond acceptors (Lipinski definition) is 2. The summed E-state index contributed by atoms with van der Waals surface area (Å²) in [6, 6.07) is 5.43. The lowest BCUT2D eigenvalue weighted by Crippen LogP contribution is -2.43. The minimum Gasteiger partial charge on any atom is -0.508 e. The number of Topliss-reactive ketones (excluding diaryl/α,β-unsaturated/α-hetero) is 1. The molecule has 1 aromatic carbocycles. The van der Waals surface area contributed by atoms with E-state index in [1.807, 2.05) is 6.07 Å². The van der Waals surface area contributed by atoms with E-state index >= 15 is 0 Å². The van der Waals surface area contributed by atoms with Gasteiger partial charge in [0, 0.05) is 11.8 Å². The van der Waals surface area contributed by atoms with Crippen LogP contribution in [0.15, 0.2) is 18.2 Å². The Morgan fingerprint density at radius 1 is 1.27 bits per heavy atom. The number of aromatic hydroxyl groups is 1. The van der Waals surface area contributed by atoms with Crippen molar-refractivity contribution in [3.8, 4) is 5.75 Å². The van der Waals surface area contributed by atoms with Gasteiger partial charge in [0.1, 0.15) is 5.75 Å². The van der Waals surface area contributed by atoms with Gasteiger partial charge in [0.15, 0.2) is 0 Å². The number of rotatable bonds is 0. The van der Waals surface area contributed by atoms with E-state index in [1.165, 1.54) is 5.56 Å². The van der Waals surface area contributed by atoms with Gasteiger partial charge in [-0.3, -0.25) is 4.79 Å². The predicted octanol–water partition coefficient (Wildman–Crippen LogP) is 4.06. The molecule has 2 saturated carbocycles. The van der Waals surface area contributed by atoms with Gasteiger partial charge in [-0.25, -0.2) is 0 Å². The molecule has 4 rings (SSSR count). The van der Waals surface area contributed by atoms with Gasteiger partial charge in [0.25, 0.3) is 0 Å². The van der Waals surface area contributed by atoms with Crippen molar-refractivity contribution < 1.29 is 18.7 Å². The maximum absolute atomic E-state index is 14.0. The van der Waals surface area contributed by atoms with E-state index in [0.29, 0.717) is 6.42 Å². The molecule has 3 aliphatic rings. The smallest absolute Gasteiger partial charge is 0.306 e. The highest BCUT2D eigenvalue weighted by molar-refractivity contribution is 5.93. The molecule has 2 fully saturated rings. The molecule has 2 nitrogen and oxygen atoms in total. The normalized spacial score (nSPS) is 39.0. The van der Waals surface area contributed by atoms with Crippen molar-refractivity contribution in [3.63, 3.8) is 0 Å². The van der Waals surface area contributed by atoms with E-state index < -0.39 is 17.1 Å². The van der Waals surface area contributed by atoms with E-state index in [-0.39, 0.29) is 29.9 Å². The molecule has 0 spiro atoms. The summed E-state index contributed by atoms with van der Waals surface area (Å²) in [5, 5.41) is 9.64. The van der Waals surface area contributed by atoms with Crippen LogP contribution >= 0.6 is 0 Å². The average Bonchev–Trinajstić information content (AvgIpc) is 2.66. The molecule has 0 aliphatic heterocycles. The van der Waals surface area contributed by atoms with Gasteiger partial charge in [-0.1, -0.05) is 13.0 Å². The Bertz CT molecular complexity index is 654. The van der Waals surface area contributed by atoms with Crippen molar-refractivity contribution in [1.29, 1.82) is 0 Å². The van der Waals surface area contributed by atoms with Crippen LogP contribution in [0.1, 0.15) is 49.7 Å². The second-order valence-electron chi connectivity index (χ2n) is 7.49. The molecule has 1 aromatic rings. The maximum Gasteiger partial charge on any atom is 0.306 e. The highest BCUT2D eigenvalue weighted by Gasteiger charge is 2.65. The first-order valence-corrected chi connectivity index (χ1v) is 8.07. The Balaban J connectivity index is 1.74. The molecule has 22 heavy (non-hydrogen) atoms. The Morgan fingerprint density at radius 3 is 2.82 bits per heavy atom. The first-order chi connectivity index (χ1) is 10.3. The second kappa shape index (κ2) is 4.30. The Kier molecular flexibility index (Phi) is 2.77. The highest BCUT2D eigenvalue weighted by Crippen LogP contribution is 2.62. The van der Waals surface area contributed by atoms with Gasteiger partial charge in [-0.05, 0) is 66.7 Å². The molecule has 0 aromatic heterocycles. The summed E-state index contributed by atoms with van der Waals surface area (Å²) in [5.41, 5.74) is 1.48. The third-order valence-electron chi connectivity index (χ3n) is 6.43. The topological polar surface area (TPSA) is 37.3 Å². The van der Waals surface area contributed by atoms with Crippen molar-refractivity contribution in [1.82, 2.24) is 0 Å². The monoisotopic (exact) mass is 306 g/mol. The van der Waals surface area contributed by atoms with Gasteiger partial charge >= 0.3 is 5.92 Å². The van der Waals surface area contributed by atoms with Crippen molar-refractivity contribution in [2.45, 2.75) is 50.9 Å². The highest BCUT2D eigenvalue weighted by atomic mass is 19.3. The number of phenols is 1. The van der Waals surface area contributed by atoms with Crippen molar-refractivity contribution in [2.75, 3.05) is 0 Å². The summed E-state index contributed by atoms with van der Waals surface area (Å²) in [7, 11) is 0. The average molecular weight is 306 g/mol. The molecule has 0 unspecified atom stereocenters. The van der Waals surface area contributed by atoms with E-state index in [9.17, 15) is 18.7 Å². The van der Waals surface area contributed by atoms with Gasteiger partial charge in [0.2, 0.25) is 5.78 Å². The van der Waals surface area contributed by atoms with Gasteiger partial charge < -0.3 is 5.11 Å². The van der Waals surface area contributed by atoms with Crippen LogP contribution in [0.25, 0.3) is 0 Å². The van der Waals surface area contributed by atoms with Crippen LogP contribution in [0.3, 0.4) is 0 Å². The summed E-state index contributed by atoms with van der Waals surface area (Å²) in [6.07, 6.45) is 2.70. The molecule has 0 radical (unpaired) electrons. The summed E-state index contributed by atoms with van der Waals surface area (Å²) >= 11 is 0. The quantitative estimate of drug-likeness (QED) is 0.784. The number of carbonyl (C=O) groups is 1.